The highest BCUT2D eigenvalue weighted by Crippen LogP contribution is 2.13. The van der Waals surface area contributed by atoms with Crippen molar-refractivity contribution in [2.45, 2.75) is 39.0 Å². The smallest absolute Gasteiger partial charge is 0.366 e. The number of rotatable bonds is 3. The average molecular weight is 215 g/mol. The standard InChI is InChI=1S/C10H17NO4/c1-6-7(12)14-10(5,11)8(13)15-9(2,3)4/h6H,1,11H2,2-5H3. The molecule has 0 aliphatic carbocycles. The first-order chi connectivity index (χ1) is 6.58. The molecule has 0 saturated carbocycles. The molecule has 0 aromatic heterocycles. The van der Waals surface area contributed by atoms with Gasteiger partial charge in [-0.05, 0) is 20.8 Å². The van der Waals surface area contributed by atoms with Gasteiger partial charge in [0.25, 0.3) is 5.72 Å². The van der Waals surface area contributed by atoms with Crippen LogP contribution in [0.3, 0.4) is 0 Å². The Bertz CT molecular complexity index is 276. The monoisotopic (exact) mass is 215 g/mol. The van der Waals surface area contributed by atoms with E-state index in [1.54, 1.807) is 20.8 Å². The highest BCUT2D eigenvalue weighted by atomic mass is 16.6. The predicted molar refractivity (Wildman–Crippen MR) is 54.7 cm³/mol. The Morgan fingerprint density at radius 3 is 2.00 bits per heavy atom. The highest BCUT2D eigenvalue weighted by molar-refractivity contribution is 5.87. The Labute approximate surface area is 89.2 Å². The first-order valence-corrected chi connectivity index (χ1v) is 4.46. The lowest BCUT2D eigenvalue weighted by Crippen LogP contribution is -2.51. The van der Waals surface area contributed by atoms with Gasteiger partial charge in [-0.3, -0.25) is 5.73 Å². The lowest BCUT2D eigenvalue weighted by molar-refractivity contribution is -0.185. The number of nitrogens with two attached hydrogens (primary N) is 1. The van der Waals surface area contributed by atoms with Crippen LogP contribution in [0.2, 0.25) is 0 Å². The van der Waals surface area contributed by atoms with Gasteiger partial charge in [0.2, 0.25) is 0 Å². The van der Waals surface area contributed by atoms with Crippen molar-refractivity contribution in [3.05, 3.63) is 12.7 Å². The normalized spacial score (nSPS) is 15.0. The summed E-state index contributed by atoms with van der Waals surface area (Å²) in [5.74, 6) is -1.57. The van der Waals surface area contributed by atoms with E-state index in [4.69, 9.17) is 10.5 Å². The Hall–Kier alpha value is -1.36. The van der Waals surface area contributed by atoms with Gasteiger partial charge in [-0.25, -0.2) is 9.59 Å². The van der Waals surface area contributed by atoms with Crippen molar-refractivity contribution in [2.75, 3.05) is 0 Å². The average Bonchev–Trinajstić information content (AvgIpc) is 2.00. The molecule has 0 aliphatic heterocycles. The van der Waals surface area contributed by atoms with Crippen LogP contribution in [0.4, 0.5) is 0 Å². The third-order valence-electron chi connectivity index (χ3n) is 1.28. The fourth-order valence-electron chi connectivity index (χ4n) is 0.672. The quantitative estimate of drug-likeness (QED) is 0.426. The van der Waals surface area contributed by atoms with Crippen LogP contribution in [0, 0.1) is 0 Å². The molecular weight excluding hydrogens is 198 g/mol. The molecule has 0 aromatic carbocycles. The fourth-order valence-corrected chi connectivity index (χ4v) is 0.672. The molecule has 0 heterocycles. The Morgan fingerprint density at radius 1 is 1.20 bits per heavy atom. The molecule has 5 heteroatoms. The third kappa shape index (κ3) is 5.17. The van der Waals surface area contributed by atoms with Crippen molar-refractivity contribution in [2.24, 2.45) is 5.73 Å². The molecule has 0 rings (SSSR count). The summed E-state index contributed by atoms with van der Waals surface area (Å²) in [5.41, 5.74) is 3.00. The van der Waals surface area contributed by atoms with Gasteiger partial charge in [-0.15, -0.1) is 0 Å². The zero-order chi connectivity index (χ0) is 12.3. The molecule has 1 unspecified atom stereocenters. The van der Waals surface area contributed by atoms with Gasteiger partial charge in [0.1, 0.15) is 5.60 Å². The van der Waals surface area contributed by atoms with Crippen molar-refractivity contribution in [3.63, 3.8) is 0 Å². The van der Waals surface area contributed by atoms with Crippen molar-refractivity contribution in [1.82, 2.24) is 0 Å². The molecule has 0 aromatic rings. The van der Waals surface area contributed by atoms with E-state index in [0.717, 1.165) is 6.08 Å². The van der Waals surface area contributed by atoms with Crippen molar-refractivity contribution >= 4 is 11.9 Å². The maximum atomic E-state index is 11.5. The SMILES string of the molecule is C=CC(=O)OC(C)(N)C(=O)OC(C)(C)C. The first-order valence-electron chi connectivity index (χ1n) is 4.46. The van der Waals surface area contributed by atoms with E-state index in [1.807, 2.05) is 0 Å². The van der Waals surface area contributed by atoms with Crippen molar-refractivity contribution in [3.8, 4) is 0 Å². The van der Waals surface area contributed by atoms with Gasteiger partial charge >= 0.3 is 11.9 Å². The number of ether oxygens (including phenoxy) is 2. The summed E-state index contributed by atoms with van der Waals surface area (Å²) in [6.07, 6.45) is 0.926. The largest absolute Gasteiger partial charge is 0.456 e. The maximum Gasteiger partial charge on any atom is 0.366 e. The van der Waals surface area contributed by atoms with Crippen LogP contribution in [-0.4, -0.2) is 23.3 Å². The van der Waals surface area contributed by atoms with Crippen molar-refractivity contribution in [1.29, 1.82) is 0 Å². The van der Waals surface area contributed by atoms with E-state index in [9.17, 15) is 9.59 Å². The molecule has 0 bridgehead atoms. The molecule has 1 atom stereocenters. The summed E-state index contributed by atoms with van der Waals surface area (Å²) in [7, 11) is 0. The lowest BCUT2D eigenvalue weighted by Gasteiger charge is -2.27. The highest BCUT2D eigenvalue weighted by Gasteiger charge is 2.36. The molecule has 0 fully saturated rings. The van der Waals surface area contributed by atoms with Gasteiger partial charge in [-0.2, -0.15) is 0 Å². The number of hydrogen-bond donors (Lipinski definition) is 1. The molecular formula is C10H17NO4. The van der Waals surface area contributed by atoms with Crippen LogP contribution in [0.25, 0.3) is 0 Å². The van der Waals surface area contributed by atoms with Crippen LogP contribution < -0.4 is 5.73 Å². The zero-order valence-electron chi connectivity index (χ0n) is 9.49. The van der Waals surface area contributed by atoms with Crippen LogP contribution >= 0.6 is 0 Å². The molecule has 0 spiro atoms. The summed E-state index contributed by atoms with van der Waals surface area (Å²) in [6.45, 7) is 9.52. The summed E-state index contributed by atoms with van der Waals surface area (Å²) in [4.78, 5) is 22.3. The second-order valence-corrected chi connectivity index (χ2v) is 4.23. The summed E-state index contributed by atoms with van der Waals surface area (Å²) >= 11 is 0. The molecule has 86 valence electrons. The second-order valence-electron chi connectivity index (χ2n) is 4.23. The number of carbonyl (C=O) groups excluding carboxylic acids is 2. The van der Waals surface area contributed by atoms with Gasteiger partial charge in [-0.1, -0.05) is 6.58 Å². The first kappa shape index (κ1) is 13.6. The fraction of sp³-hybridized carbons (Fsp3) is 0.600. The van der Waals surface area contributed by atoms with E-state index in [0.29, 0.717) is 0 Å². The van der Waals surface area contributed by atoms with E-state index in [2.05, 4.69) is 11.3 Å². The van der Waals surface area contributed by atoms with Gasteiger partial charge < -0.3 is 9.47 Å². The molecule has 0 saturated heterocycles. The van der Waals surface area contributed by atoms with Crippen LogP contribution in [0.15, 0.2) is 12.7 Å². The predicted octanol–water partition coefficient (Wildman–Crippen LogP) is 0.732. The van der Waals surface area contributed by atoms with E-state index < -0.39 is 23.3 Å². The summed E-state index contributed by atoms with van der Waals surface area (Å²) in [6, 6.07) is 0. The zero-order valence-corrected chi connectivity index (χ0v) is 9.49. The molecule has 15 heavy (non-hydrogen) atoms. The van der Waals surface area contributed by atoms with E-state index in [-0.39, 0.29) is 0 Å². The molecule has 2 N–H and O–H groups in total. The van der Waals surface area contributed by atoms with Crippen LogP contribution in [0.1, 0.15) is 27.7 Å². The summed E-state index contributed by atoms with van der Waals surface area (Å²) in [5, 5.41) is 0. The number of hydrogen-bond acceptors (Lipinski definition) is 5. The third-order valence-corrected chi connectivity index (χ3v) is 1.28. The minimum atomic E-state index is -1.79. The van der Waals surface area contributed by atoms with E-state index in [1.165, 1.54) is 6.92 Å². The molecule has 0 radical (unpaired) electrons. The second kappa shape index (κ2) is 4.44. The van der Waals surface area contributed by atoms with Gasteiger partial charge in [0.15, 0.2) is 0 Å². The number of esters is 2. The molecule has 5 nitrogen and oxygen atoms in total. The Morgan fingerprint density at radius 2 is 1.67 bits per heavy atom. The summed E-state index contributed by atoms with van der Waals surface area (Å²) < 4.78 is 9.61. The van der Waals surface area contributed by atoms with Crippen LogP contribution in [0.5, 0.6) is 0 Å². The van der Waals surface area contributed by atoms with Crippen molar-refractivity contribution < 1.29 is 19.1 Å². The van der Waals surface area contributed by atoms with Crippen LogP contribution in [-0.2, 0) is 19.1 Å². The maximum absolute atomic E-state index is 11.5. The Balaban J connectivity index is 4.52. The van der Waals surface area contributed by atoms with Gasteiger partial charge in [0, 0.05) is 13.0 Å². The minimum absolute atomic E-state index is 0.682. The van der Waals surface area contributed by atoms with E-state index >= 15 is 0 Å². The number of carbonyl (C=O) groups is 2. The minimum Gasteiger partial charge on any atom is -0.456 e. The molecule has 0 aliphatic rings. The topological polar surface area (TPSA) is 78.6 Å². The molecule has 0 amide bonds. The van der Waals surface area contributed by atoms with Gasteiger partial charge in [0.05, 0.1) is 0 Å². The Kier molecular flexibility index (Phi) is 4.04. The lowest BCUT2D eigenvalue weighted by atomic mass is 10.2.